The van der Waals surface area contributed by atoms with E-state index in [2.05, 4.69) is 5.10 Å². The Morgan fingerprint density at radius 3 is 2.39 bits per heavy atom. The molecule has 36 heavy (non-hydrogen) atoms. The van der Waals surface area contributed by atoms with Crippen LogP contribution in [0, 0.1) is 17.7 Å². The second-order valence-corrected chi connectivity index (χ2v) is 9.52. The van der Waals surface area contributed by atoms with E-state index in [4.69, 9.17) is 9.47 Å². The smallest absolute Gasteiger partial charge is 0.359 e. The lowest BCUT2D eigenvalue weighted by Crippen LogP contribution is -2.38. The van der Waals surface area contributed by atoms with Crippen LogP contribution in [-0.4, -0.2) is 52.3 Å². The Morgan fingerprint density at radius 1 is 1.03 bits per heavy atom. The molecule has 0 N–H and O–H groups in total. The lowest BCUT2D eigenvalue weighted by molar-refractivity contribution is -0.149. The number of rotatable bonds is 8. The number of ether oxygens (including phenoxy) is 2. The minimum absolute atomic E-state index is 0.0593. The molecule has 0 bridgehead atoms. The monoisotopic (exact) mass is 499 g/mol. The molecule has 8 nitrogen and oxygen atoms in total. The minimum atomic E-state index is -0.468. The maximum atomic E-state index is 13.4. The fraction of sp³-hybridized carbons (Fsp3) is 0.556. The van der Waals surface area contributed by atoms with Crippen molar-refractivity contribution in [2.75, 3.05) is 19.8 Å². The molecule has 194 valence electrons. The van der Waals surface area contributed by atoms with Crippen LogP contribution in [0.25, 0.3) is 0 Å². The number of esters is 2. The molecule has 1 saturated carbocycles. The van der Waals surface area contributed by atoms with Gasteiger partial charge in [-0.25, -0.2) is 9.18 Å². The summed E-state index contributed by atoms with van der Waals surface area (Å²) >= 11 is 0. The van der Waals surface area contributed by atoms with E-state index in [9.17, 15) is 18.8 Å². The molecule has 0 radical (unpaired) electrons. The minimum Gasteiger partial charge on any atom is -0.466 e. The van der Waals surface area contributed by atoms with E-state index >= 15 is 0 Å². The Kier molecular flexibility index (Phi) is 8.38. The summed E-state index contributed by atoms with van der Waals surface area (Å²) in [6, 6.07) is 6.16. The van der Waals surface area contributed by atoms with E-state index in [0.717, 1.165) is 42.5 Å². The summed E-state index contributed by atoms with van der Waals surface area (Å²) in [5.41, 5.74) is 2.76. The normalized spacial score (nSPS) is 19.5. The number of benzene rings is 1. The van der Waals surface area contributed by atoms with E-state index in [0.29, 0.717) is 44.8 Å². The van der Waals surface area contributed by atoms with Gasteiger partial charge in [0.2, 0.25) is 5.91 Å². The Hall–Kier alpha value is -3.23. The van der Waals surface area contributed by atoms with Crippen molar-refractivity contribution < 1.29 is 28.2 Å². The van der Waals surface area contributed by atoms with Gasteiger partial charge < -0.3 is 14.4 Å². The molecule has 9 heteroatoms. The van der Waals surface area contributed by atoms with Crippen molar-refractivity contribution in [3.8, 4) is 0 Å². The van der Waals surface area contributed by atoms with Gasteiger partial charge in [0.05, 0.1) is 37.9 Å². The number of carbonyl (C=O) groups is 3. The maximum absolute atomic E-state index is 13.4. The van der Waals surface area contributed by atoms with Crippen LogP contribution in [0.2, 0.25) is 0 Å². The van der Waals surface area contributed by atoms with E-state index in [1.807, 2.05) is 11.8 Å². The van der Waals surface area contributed by atoms with Crippen LogP contribution in [0.5, 0.6) is 0 Å². The zero-order valence-corrected chi connectivity index (χ0v) is 21.0. The third-order valence-corrected chi connectivity index (χ3v) is 7.14. The molecule has 2 aromatic rings. The molecule has 1 fully saturated rings. The zero-order valence-electron chi connectivity index (χ0n) is 21.0. The van der Waals surface area contributed by atoms with Crippen molar-refractivity contribution in [2.45, 2.75) is 65.5 Å². The first-order valence-electron chi connectivity index (χ1n) is 12.8. The molecule has 1 aliphatic heterocycles. The van der Waals surface area contributed by atoms with E-state index in [1.165, 1.54) is 12.1 Å². The lowest BCUT2D eigenvalue weighted by atomic mass is 9.80. The van der Waals surface area contributed by atoms with Gasteiger partial charge in [0.25, 0.3) is 0 Å². The quantitative estimate of drug-likeness (QED) is 0.512. The first kappa shape index (κ1) is 25.9. The van der Waals surface area contributed by atoms with Gasteiger partial charge in [0.1, 0.15) is 5.82 Å². The van der Waals surface area contributed by atoms with Crippen molar-refractivity contribution in [3.05, 3.63) is 52.6 Å². The first-order valence-corrected chi connectivity index (χ1v) is 12.8. The van der Waals surface area contributed by atoms with Gasteiger partial charge in [-0.05, 0) is 69.6 Å². The average molecular weight is 500 g/mol. The van der Waals surface area contributed by atoms with Gasteiger partial charge in [-0.15, -0.1) is 0 Å². The van der Waals surface area contributed by atoms with Gasteiger partial charge in [-0.3, -0.25) is 14.3 Å². The largest absolute Gasteiger partial charge is 0.466 e. The van der Waals surface area contributed by atoms with Crippen LogP contribution >= 0.6 is 0 Å². The number of fused-ring (bicyclic) bond motifs is 1. The molecule has 1 aromatic heterocycles. The number of halogens is 1. The van der Waals surface area contributed by atoms with Crippen LogP contribution in [0.1, 0.15) is 73.3 Å². The second-order valence-electron chi connectivity index (χ2n) is 9.52. The fourth-order valence-corrected chi connectivity index (χ4v) is 5.19. The topological polar surface area (TPSA) is 90.7 Å². The molecular formula is C27H34FN3O5. The Balaban J connectivity index is 1.45. The van der Waals surface area contributed by atoms with Crippen LogP contribution < -0.4 is 0 Å². The van der Waals surface area contributed by atoms with E-state index in [1.54, 1.807) is 23.7 Å². The zero-order chi connectivity index (χ0) is 25.7. The Bertz CT molecular complexity index is 1090. The number of nitrogens with zero attached hydrogens (tertiary/aromatic N) is 3. The summed E-state index contributed by atoms with van der Waals surface area (Å²) in [6.45, 7) is 5.44. The average Bonchev–Trinajstić information content (AvgIpc) is 3.24. The van der Waals surface area contributed by atoms with Gasteiger partial charge in [0.15, 0.2) is 5.69 Å². The molecule has 0 spiro atoms. The molecule has 2 aliphatic rings. The summed E-state index contributed by atoms with van der Waals surface area (Å²) in [4.78, 5) is 39.6. The van der Waals surface area contributed by atoms with Crippen LogP contribution in [-0.2, 0) is 38.6 Å². The van der Waals surface area contributed by atoms with Gasteiger partial charge in [-0.1, -0.05) is 12.1 Å². The predicted octanol–water partition coefficient (Wildman–Crippen LogP) is 3.89. The number of amides is 1. The SMILES string of the molecule is CCOC(=O)c1nn(Cc2ccc(F)cc2)c2c1CCN(C(=O)C[C@H]1CC[C@H](C(=O)OCC)CC1)C2. The fourth-order valence-electron chi connectivity index (χ4n) is 5.19. The molecule has 4 rings (SSSR count). The molecule has 2 heterocycles. The maximum Gasteiger partial charge on any atom is 0.359 e. The highest BCUT2D eigenvalue weighted by Gasteiger charge is 2.33. The highest BCUT2D eigenvalue weighted by Crippen LogP contribution is 2.33. The highest BCUT2D eigenvalue weighted by atomic mass is 19.1. The number of hydrogen-bond donors (Lipinski definition) is 0. The molecule has 1 aliphatic carbocycles. The third kappa shape index (κ3) is 5.94. The van der Waals surface area contributed by atoms with Crippen LogP contribution in [0.3, 0.4) is 0 Å². The van der Waals surface area contributed by atoms with Gasteiger partial charge >= 0.3 is 11.9 Å². The molecule has 0 unspecified atom stereocenters. The van der Waals surface area contributed by atoms with Crippen molar-refractivity contribution in [1.29, 1.82) is 0 Å². The standard InChI is InChI=1S/C27H34FN3O5/c1-3-35-26(33)20-9-5-18(6-10-20)15-24(32)30-14-13-22-23(17-30)31(29-25(22)27(34)36-4-2)16-19-7-11-21(28)12-8-19/h7-8,11-12,18,20H,3-6,9-10,13-17H2,1-2H3/t18-,20-. The molecule has 0 atom stereocenters. The second kappa shape index (κ2) is 11.7. The Morgan fingerprint density at radius 2 is 1.72 bits per heavy atom. The molecule has 0 saturated heterocycles. The summed E-state index contributed by atoms with van der Waals surface area (Å²) in [5, 5.41) is 4.54. The number of carbonyl (C=O) groups excluding carboxylic acids is 3. The van der Waals surface area contributed by atoms with Gasteiger partial charge in [0, 0.05) is 18.5 Å². The highest BCUT2D eigenvalue weighted by molar-refractivity contribution is 5.89. The summed E-state index contributed by atoms with van der Waals surface area (Å²) in [6.07, 6.45) is 4.16. The Labute approximate surface area is 210 Å². The van der Waals surface area contributed by atoms with Crippen molar-refractivity contribution in [2.24, 2.45) is 11.8 Å². The lowest BCUT2D eigenvalue weighted by Gasteiger charge is -2.31. The van der Waals surface area contributed by atoms with Crippen molar-refractivity contribution >= 4 is 17.8 Å². The summed E-state index contributed by atoms with van der Waals surface area (Å²) in [5.74, 6) is -0.642. The van der Waals surface area contributed by atoms with Crippen LogP contribution in [0.4, 0.5) is 4.39 Å². The van der Waals surface area contributed by atoms with Crippen LogP contribution in [0.15, 0.2) is 24.3 Å². The van der Waals surface area contributed by atoms with E-state index in [-0.39, 0.29) is 36.1 Å². The molecular weight excluding hydrogens is 465 g/mol. The number of hydrogen-bond acceptors (Lipinski definition) is 6. The summed E-state index contributed by atoms with van der Waals surface area (Å²) in [7, 11) is 0. The van der Waals surface area contributed by atoms with E-state index < -0.39 is 5.97 Å². The molecule has 1 amide bonds. The summed E-state index contributed by atoms with van der Waals surface area (Å²) < 4.78 is 25.5. The van der Waals surface area contributed by atoms with Gasteiger partial charge in [-0.2, -0.15) is 5.10 Å². The van der Waals surface area contributed by atoms with Crippen molar-refractivity contribution in [1.82, 2.24) is 14.7 Å². The predicted molar refractivity (Wildman–Crippen MR) is 130 cm³/mol. The first-order chi connectivity index (χ1) is 17.4. The van der Waals surface area contributed by atoms with Crippen molar-refractivity contribution in [3.63, 3.8) is 0 Å². The molecule has 1 aromatic carbocycles. The number of aromatic nitrogens is 2. The third-order valence-electron chi connectivity index (χ3n) is 7.14.